The number of rotatable bonds is 9. The Hall–Kier alpha value is -3.39. The molecule has 8 nitrogen and oxygen atoms in total. The van der Waals surface area contributed by atoms with Crippen LogP contribution in [0.4, 0.5) is 23.1 Å². The highest BCUT2D eigenvalue weighted by Gasteiger charge is 2.07. The molecule has 0 saturated heterocycles. The SMILES string of the molecule is C=CC(=O)Nc1cccc(Nc2nc(NC/C(C=N)=C/NC)ncc2Cl)c1. The summed E-state index contributed by atoms with van der Waals surface area (Å²) >= 11 is 6.18. The molecule has 1 heterocycles. The van der Waals surface area contributed by atoms with Crippen LogP contribution in [0.3, 0.4) is 0 Å². The second-order valence-corrected chi connectivity index (χ2v) is 5.70. The van der Waals surface area contributed by atoms with E-state index in [0.717, 1.165) is 5.57 Å². The number of nitrogens with one attached hydrogen (secondary N) is 5. The summed E-state index contributed by atoms with van der Waals surface area (Å²) < 4.78 is 0. The summed E-state index contributed by atoms with van der Waals surface area (Å²) in [4.78, 5) is 19.9. The van der Waals surface area contributed by atoms with Gasteiger partial charge in [0.2, 0.25) is 11.9 Å². The van der Waals surface area contributed by atoms with E-state index in [0.29, 0.717) is 34.7 Å². The Bertz CT molecular complexity index is 867. The lowest BCUT2D eigenvalue weighted by Crippen LogP contribution is -2.11. The Balaban J connectivity index is 2.13. The van der Waals surface area contributed by atoms with E-state index >= 15 is 0 Å². The number of carbonyl (C=O) groups excluding carboxylic acids is 1. The quantitative estimate of drug-likeness (QED) is 0.334. The molecule has 9 heteroatoms. The molecule has 0 atom stereocenters. The summed E-state index contributed by atoms with van der Waals surface area (Å²) in [6.45, 7) is 3.81. The minimum absolute atomic E-state index is 0.296. The maximum atomic E-state index is 11.4. The van der Waals surface area contributed by atoms with Crippen LogP contribution in [0.5, 0.6) is 0 Å². The normalized spacial score (nSPS) is 10.7. The first kappa shape index (κ1) is 19.9. The predicted octanol–water partition coefficient (Wildman–Crippen LogP) is 3.16. The molecule has 0 saturated carbocycles. The number of hydrogen-bond acceptors (Lipinski definition) is 7. The smallest absolute Gasteiger partial charge is 0.247 e. The van der Waals surface area contributed by atoms with Crippen molar-refractivity contribution >= 4 is 46.9 Å². The van der Waals surface area contributed by atoms with Gasteiger partial charge in [-0.1, -0.05) is 24.2 Å². The summed E-state index contributed by atoms with van der Waals surface area (Å²) in [5.41, 5.74) is 2.04. The molecule has 0 aliphatic rings. The summed E-state index contributed by atoms with van der Waals surface area (Å²) in [5.74, 6) is 0.479. The van der Waals surface area contributed by atoms with Crippen LogP contribution in [0, 0.1) is 5.41 Å². The van der Waals surface area contributed by atoms with E-state index in [-0.39, 0.29) is 5.91 Å². The standard InChI is InChI=1S/C18H20ClN7O/c1-3-16(27)24-13-5-4-6-14(7-13)25-17-15(19)11-23-18(26-17)22-10-12(8-20)9-21-2/h3-9,11,20-21H,1,10H2,2H3,(H,24,27)(H2,22,23,25,26)/b12-9+,20-8?. The zero-order valence-electron chi connectivity index (χ0n) is 14.7. The Morgan fingerprint density at radius 3 is 2.85 bits per heavy atom. The molecule has 0 radical (unpaired) electrons. The van der Waals surface area contributed by atoms with E-state index in [9.17, 15) is 4.79 Å². The third kappa shape index (κ3) is 6.12. The number of anilines is 4. The number of nitrogens with zero attached hydrogens (tertiary/aromatic N) is 2. The minimum atomic E-state index is -0.296. The summed E-state index contributed by atoms with van der Waals surface area (Å²) in [6, 6.07) is 7.11. The van der Waals surface area contributed by atoms with E-state index in [1.165, 1.54) is 18.5 Å². The summed E-state index contributed by atoms with van der Waals surface area (Å²) in [6.07, 6.45) is 5.62. The van der Waals surface area contributed by atoms with Gasteiger partial charge in [-0.3, -0.25) is 4.79 Å². The Kier molecular flexibility index (Phi) is 7.33. The van der Waals surface area contributed by atoms with Crippen LogP contribution in [0.15, 0.2) is 54.9 Å². The van der Waals surface area contributed by atoms with Crippen molar-refractivity contribution in [2.75, 3.05) is 29.5 Å². The van der Waals surface area contributed by atoms with Crippen molar-refractivity contribution in [1.29, 1.82) is 5.41 Å². The van der Waals surface area contributed by atoms with Gasteiger partial charge in [-0.15, -0.1) is 0 Å². The van der Waals surface area contributed by atoms with Gasteiger partial charge in [0.15, 0.2) is 5.82 Å². The molecular formula is C18H20ClN7O. The van der Waals surface area contributed by atoms with Crippen LogP contribution in [-0.4, -0.2) is 35.7 Å². The molecular weight excluding hydrogens is 366 g/mol. The maximum absolute atomic E-state index is 11.4. The number of aromatic nitrogens is 2. The van der Waals surface area contributed by atoms with Crippen LogP contribution in [0.25, 0.3) is 0 Å². The predicted molar refractivity (Wildman–Crippen MR) is 110 cm³/mol. The average molecular weight is 386 g/mol. The number of carbonyl (C=O) groups is 1. The van der Waals surface area contributed by atoms with E-state index in [1.807, 2.05) is 6.07 Å². The minimum Gasteiger partial charge on any atom is -0.394 e. The number of amides is 1. The molecule has 0 spiro atoms. The molecule has 0 fully saturated rings. The maximum Gasteiger partial charge on any atom is 0.247 e. The first-order valence-corrected chi connectivity index (χ1v) is 8.37. The zero-order chi connectivity index (χ0) is 19.6. The molecule has 1 aromatic heterocycles. The highest BCUT2D eigenvalue weighted by atomic mass is 35.5. The van der Waals surface area contributed by atoms with Crippen LogP contribution < -0.4 is 21.3 Å². The first-order chi connectivity index (χ1) is 13.0. The van der Waals surface area contributed by atoms with Crippen molar-refractivity contribution in [3.8, 4) is 0 Å². The van der Waals surface area contributed by atoms with Crippen molar-refractivity contribution in [2.45, 2.75) is 0 Å². The highest BCUT2D eigenvalue weighted by Crippen LogP contribution is 2.25. The molecule has 0 bridgehead atoms. The van der Waals surface area contributed by atoms with Crippen LogP contribution in [-0.2, 0) is 4.79 Å². The molecule has 0 aliphatic carbocycles. The fourth-order valence-corrected chi connectivity index (χ4v) is 2.19. The highest BCUT2D eigenvalue weighted by molar-refractivity contribution is 6.32. The molecule has 2 aromatic rings. The first-order valence-electron chi connectivity index (χ1n) is 7.99. The molecule has 0 aliphatic heterocycles. The molecule has 140 valence electrons. The van der Waals surface area contributed by atoms with Crippen LogP contribution in [0.1, 0.15) is 0 Å². The zero-order valence-corrected chi connectivity index (χ0v) is 15.5. The summed E-state index contributed by atoms with van der Waals surface area (Å²) in [5, 5.41) is 19.4. The van der Waals surface area contributed by atoms with E-state index in [2.05, 4.69) is 37.8 Å². The van der Waals surface area contributed by atoms with E-state index in [4.69, 9.17) is 17.0 Å². The van der Waals surface area contributed by atoms with Gasteiger partial charge in [0.05, 0.1) is 6.20 Å². The number of halogens is 1. The Labute approximate surface area is 162 Å². The van der Waals surface area contributed by atoms with Crippen molar-refractivity contribution in [2.24, 2.45) is 0 Å². The van der Waals surface area contributed by atoms with Crippen LogP contribution >= 0.6 is 11.6 Å². The van der Waals surface area contributed by atoms with Gasteiger partial charge < -0.3 is 26.7 Å². The van der Waals surface area contributed by atoms with Gasteiger partial charge in [0.1, 0.15) is 5.02 Å². The lowest BCUT2D eigenvalue weighted by molar-refractivity contribution is -0.111. The fraction of sp³-hybridized carbons (Fsp3) is 0.111. The number of hydrogen-bond donors (Lipinski definition) is 5. The van der Waals surface area contributed by atoms with Crippen molar-refractivity contribution in [1.82, 2.24) is 15.3 Å². The molecule has 1 aromatic carbocycles. The summed E-state index contributed by atoms with van der Waals surface area (Å²) in [7, 11) is 1.76. The van der Waals surface area contributed by atoms with Gasteiger partial charge in [-0.05, 0) is 24.3 Å². The van der Waals surface area contributed by atoms with E-state index in [1.54, 1.807) is 31.4 Å². The number of benzene rings is 1. The van der Waals surface area contributed by atoms with E-state index < -0.39 is 0 Å². The molecule has 2 rings (SSSR count). The lowest BCUT2D eigenvalue weighted by Gasteiger charge is -2.11. The lowest BCUT2D eigenvalue weighted by atomic mass is 10.2. The van der Waals surface area contributed by atoms with Gasteiger partial charge in [0.25, 0.3) is 0 Å². The van der Waals surface area contributed by atoms with Gasteiger partial charge in [0, 0.05) is 43.0 Å². The second-order valence-electron chi connectivity index (χ2n) is 5.30. The topological polar surface area (TPSA) is 115 Å². The third-order valence-electron chi connectivity index (χ3n) is 3.29. The average Bonchev–Trinajstić information content (AvgIpc) is 2.67. The Morgan fingerprint density at radius 1 is 1.37 bits per heavy atom. The monoisotopic (exact) mass is 385 g/mol. The van der Waals surface area contributed by atoms with Crippen LogP contribution in [0.2, 0.25) is 5.02 Å². The molecule has 5 N–H and O–H groups in total. The van der Waals surface area contributed by atoms with Gasteiger partial charge >= 0.3 is 0 Å². The molecule has 1 amide bonds. The van der Waals surface area contributed by atoms with Crippen molar-refractivity contribution in [3.63, 3.8) is 0 Å². The fourth-order valence-electron chi connectivity index (χ4n) is 2.05. The second kappa shape index (κ2) is 9.93. The van der Waals surface area contributed by atoms with Gasteiger partial charge in [-0.25, -0.2) is 4.98 Å². The third-order valence-corrected chi connectivity index (χ3v) is 3.56. The molecule has 27 heavy (non-hydrogen) atoms. The van der Waals surface area contributed by atoms with Gasteiger partial charge in [-0.2, -0.15) is 4.98 Å². The van der Waals surface area contributed by atoms with Crippen molar-refractivity contribution < 1.29 is 4.79 Å². The largest absolute Gasteiger partial charge is 0.394 e. The Morgan fingerprint density at radius 2 is 2.15 bits per heavy atom. The molecule has 0 unspecified atom stereocenters. The van der Waals surface area contributed by atoms with Crippen molar-refractivity contribution in [3.05, 3.63) is 59.9 Å².